The highest BCUT2D eigenvalue weighted by molar-refractivity contribution is 7.90. The number of rotatable bonds is 5. The van der Waals surface area contributed by atoms with Crippen LogP contribution in [0.15, 0.2) is 33.6 Å². The Balaban J connectivity index is 2.11. The van der Waals surface area contributed by atoms with Crippen molar-refractivity contribution < 1.29 is 8.42 Å². The Kier molecular flexibility index (Phi) is 4.01. The van der Waals surface area contributed by atoms with Crippen LogP contribution in [-0.4, -0.2) is 14.3 Å². The number of anilines is 1. The van der Waals surface area contributed by atoms with E-state index in [4.69, 9.17) is 0 Å². The smallest absolute Gasteiger partial charge is 0.286 e. The molecule has 98 valence electrons. The monoisotopic (exact) mass is 266 g/mol. The highest BCUT2D eigenvalue weighted by Gasteiger charge is 2.23. The molecule has 5 heteroatoms. The molecule has 0 aliphatic carbocycles. The highest BCUT2D eigenvalue weighted by Crippen LogP contribution is 2.27. The zero-order valence-electron chi connectivity index (χ0n) is 10.5. The third-order valence-corrected chi connectivity index (χ3v) is 4.31. The summed E-state index contributed by atoms with van der Waals surface area (Å²) in [5.74, 6) is 0.560. The van der Waals surface area contributed by atoms with Crippen molar-refractivity contribution in [3.63, 3.8) is 0 Å². The van der Waals surface area contributed by atoms with Crippen LogP contribution in [0.2, 0.25) is 0 Å². The summed E-state index contributed by atoms with van der Waals surface area (Å²) in [5, 5.41) is 3.10. The maximum atomic E-state index is 11.9. The average molecular weight is 266 g/mol. The topological polar surface area (TPSA) is 58.5 Å². The molecule has 0 amide bonds. The van der Waals surface area contributed by atoms with Gasteiger partial charge in [0.1, 0.15) is 10.7 Å². The summed E-state index contributed by atoms with van der Waals surface area (Å²) in [6.07, 6.45) is 5.11. The lowest BCUT2D eigenvalue weighted by atomic mass is 10.1. The number of sulfonamides is 1. The summed E-state index contributed by atoms with van der Waals surface area (Å²) in [6, 6.07) is 6.88. The second kappa shape index (κ2) is 5.52. The van der Waals surface area contributed by atoms with Crippen LogP contribution in [0.4, 0.5) is 5.69 Å². The lowest BCUT2D eigenvalue weighted by molar-refractivity contribution is 0.597. The number of para-hydroxylation sites is 1. The van der Waals surface area contributed by atoms with Crippen LogP contribution in [0.5, 0.6) is 0 Å². The number of hydrogen-bond acceptors (Lipinski definition) is 3. The maximum absolute atomic E-state index is 11.9. The van der Waals surface area contributed by atoms with Crippen molar-refractivity contribution in [2.45, 2.75) is 43.9 Å². The Hall–Kier alpha value is -1.36. The molecule has 0 atom stereocenters. The van der Waals surface area contributed by atoms with Crippen molar-refractivity contribution in [1.29, 1.82) is 0 Å². The van der Waals surface area contributed by atoms with Gasteiger partial charge in [-0.15, -0.1) is 4.40 Å². The molecule has 2 rings (SSSR count). The van der Waals surface area contributed by atoms with E-state index >= 15 is 0 Å². The van der Waals surface area contributed by atoms with Gasteiger partial charge >= 0.3 is 0 Å². The number of hydrogen-bond donors (Lipinski definition) is 1. The predicted molar refractivity (Wildman–Crippen MR) is 73.4 cm³/mol. The Labute approximate surface area is 108 Å². The van der Waals surface area contributed by atoms with Crippen molar-refractivity contribution in [1.82, 2.24) is 0 Å². The van der Waals surface area contributed by atoms with Gasteiger partial charge in [-0.3, -0.25) is 0 Å². The van der Waals surface area contributed by atoms with Crippen LogP contribution in [0.3, 0.4) is 0 Å². The fraction of sp³-hybridized carbons (Fsp3) is 0.462. The molecule has 1 aromatic rings. The first kappa shape index (κ1) is 13.1. The van der Waals surface area contributed by atoms with E-state index in [1.807, 2.05) is 6.07 Å². The molecule has 0 saturated carbocycles. The summed E-state index contributed by atoms with van der Waals surface area (Å²) >= 11 is 0. The number of amidine groups is 1. The van der Waals surface area contributed by atoms with Gasteiger partial charge in [0.25, 0.3) is 10.0 Å². The van der Waals surface area contributed by atoms with Crippen LogP contribution in [-0.2, 0) is 10.0 Å². The summed E-state index contributed by atoms with van der Waals surface area (Å²) in [7, 11) is -3.51. The van der Waals surface area contributed by atoms with E-state index in [0.717, 1.165) is 12.8 Å². The number of benzene rings is 1. The number of nitrogens with zero attached hydrogens (tertiary/aromatic N) is 1. The van der Waals surface area contributed by atoms with Gasteiger partial charge in [0.05, 0.1) is 5.69 Å². The quantitative estimate of drug-likeness (QED) is 0.833. The SMILES string of the molecule is CCCCCCC1=NS(=O)(=O)c2ccccc2N1. The van der Waals surface area contributed by atoms with Gasteiger partial charge in [0.15, 0.2) is 0 Å². The second-order valence-electron chi connectivity index (χ2n) is 4.44. The molecule has 1 heterocycles. The molecule has 0 saturated heterocycles. The van der Waals surface area contributed by atoms with Gasteiger partial charge in [-0.05, 0) is 18.6 Å². The molecule has 0 fully saturated rings. The zero-order chi connectivity index (χ0) is 13.0. The minimum atomic E-state index is -3.51. The molecule has 18 heavy (non-hydrogen) atoms. The first-order valence-electron chi connectivity index (χ1n) is 6.33. The molecule has 0 radical (unpaired) electrons. The fourth-order valence-corrected chi connectivity index (χ4v) is 3.17. The average Bonchev–Trinajstić information content (AvgIpc) is 2.34. The Morgan fingerprint density at radius 3 is 2.72 bits per heavy atom. The molecular weight excluding hydrogens is 248 g/mol. The van der Waals surface area contributed by atoms with Crippen LogP contribution in [0.1, 0.15) is 39.0 Å². The summed E-state index contributed by atoms with van der Waals surface area (Å²) in [6.45, 7) is 2.15. The molecule has 0 aromatic heterocycles. The normalized spacial score (nSPS) is 16.6. The lowest BCUT2D eigenvalue weighted by Crippen LogP contribution is -2.21. The molecular formula is C13H18N2O2S. The van der Waals surface area contributed by atoms with Gasteiger partial charge in [-0.1, -0.05) is 38.3 Å². The van der Waals surface area contributed by atoms with E-state index in [0.29, 0.717) is 17.9 Å². The minimum absolute atomic E-state index is 0.266. The van der Waals surface area contributed by atoms with Crippen molar-refractivity contribution >= 4 is 21.5 Å². The summed E-state index contributed by atoms with van der Waals surface area (Å²) in [4.78, 5) is 0.266. The molecule has 1 N–H and O–H groups in total. The summed E-state index contributed by atoms with van der Waals surface area (Å²) in [5.41, 5.74) is 0.637. The molecule has 1 aromatic carbocycles. The highest BCUT2D eigenvalue weighted by atomic mass is 32.2. The van der Waals surface area contributed by atoms with Crippen molar-refractivity contribution in [3.05, 3.63) is 24.3 Å². The minimum Gasteiger partial charge on any atom is -0.342 e. The van der Waals surface area contributed by atoms with Gasteiger partial charge in [-0.2, -0.15) is 8.42 Å². The first-order valence-corrected chi connectivity index (χ1v) is 7.77. The molecule has 0 spiro atoms. The van der Waals surface area contributed by atoms with Gasteiger partial charge in [0, 0.05) is 6.42 Å². The van der Waals surface area contributed by atoms with E-state index in [2.05, 4.69) is 16.6 Å². The maximum Gasteiger partial charge on any atom is 0.286 e. The summed E-state index contributed by atoms with van der Waals surface area (Å²) < 4.78 is 27.7. The van der Waals surface area contributed by atoms with E-state index < -0.39 is 10.0 Å². The van der Waals surface area contributed by atoms with Crippen LogP contribution in [0, 0.1) is 0 Å². The van der Waals surface area contributed by atoms with E-state index in [1.165, 1.54) is 12.8 Å². The van der Waals surface area contributed by atoms with Crippen LogP contribution < -0.4 is 5.32 Å². The Bertz CT molecular complexity index is 550. The Morgan fingerprint density at radius 2 is 1.94 bits per heavy atom. The number of nitrogens with one attached hydrogen (secondary N) is 1. The van der Waals surface area contributed by atoms with Crippen molar-refractivity contribution in [3.8, 4) is 0 Å². The first-order chi connectivity index (χ1) is 8.63. The van der Waals surface area contributed by atoms with Gasteiger partial charge in [0.2, 0.25) is 0 Å². The molecule has 1 aliphatic rings. The molecule has 0 unspecified atom stereocenters. The molecule has 4 nitrogen and oxygen atoms in total. The molecule has 0 bridgehead atoms. The largest absolute Gasteiger partial charge is 0.342 e. The number of unbranched alkanes of at least 4 members (excludes halogenated alkanes) is 3. The van der Waals surface area contributed by atoms with Crippen molar-refractivity contribution in [2.75, 3.05) is 5.32 Å². The standard InChI is InChI=1S/C13H18N2O2S/c1-2-3-4-5-10-13-14-11-8-6-7-9-12(11)18(16,17)15-13/h6-9H,2-5,10H2,1H3,(H,14,15). The zero-order valence-corrected chi connectivity index (χ0v) is 11.3. The third kappa shape index (κ3) is 2.90. The Morgan fingerprint density at radius 1 is 1.17 bits per heavy atom. The second-order valence-corrected chi connectivity index (χ2v) is 6.02. The lowest BCUT2D eigenvalue weighted by Gasteiger charge is -2.17. The van der Waals surface area contributed by atoms with Crippen molar-refractivity contribution in [2.24, 2.45) is 4.40 Å². The van der Waals surface area contributed by atoms with Crippen LogP contribution in [0.25, 0.3) is 0 Å². The van der Waals surface area contributed by atoms with Crippen LogP contribution >= 0.6 is 0 Å². The third-order valence-electron chi connectivity index (χ3n) is 2.94. The molecule has 1 aliphatic heterocycles. The van der Waals surface area contributed by atoms with E-state index in [9.17, 15) is 8.42 Å². The van der Waals surface area contributed by atoms with Gasteiger partial charge < -0.3 is 5.32 Å². The fourth-order valence-electron chi connectivity index (χ4n) is 1.99. The van der Waals surface area contributed by atoms with Gasteiger partial charge in [-0.25, -0.2) is 0 Å². The predicted octanol–water partition coefficient (Wildman–Crippen LogP) is 3.17. The van der Waals surface area contributed by atoms with E-state index in [-0.39, 0.29) is 4.90 Å². The van der Waals surface area contributed by atoms with E-state index in [1.54, 1.807) is 18.2 Å². The number of fused-ring (bicyclic) bond motifs is 1.